The van der Waals surface area contributed by atoms with Crippen molar-refractivity contribution in [1.82, 2.24) is 19.9 Å². The number of H-pyrrole nitrogens is 1. The maximum atomic E-state index is 11.8. The van der Waals surface area contributed by atoms with Crippen LogP contribution in [0.25, 0.3) is 0 Å². The largest absolute Gasteiger partial charge is 0.397 e. The highest BCUT2D eigenvalue weighted by Crippen LogP contribution is 2.04. The summed E-state index contributed by atoms with van der Waals surface area (Å²) in [6.07, 6.45) is 6.88. The molecule has 4 N–H and O–H groups in total. The maximum absolute atomic E-state index is 11.8. The maximum Gasteiger partial charge on any atom is 0.268 e. The topological polar surface area (TPSA) is 88.7 Å². The summed E-state index contributed by atoms with van der Waals surface area (Å²) in [6, 6.07) is 1.63. The van der Waals surface area contributed by atoms with Crippen LogP contribution in [-0.4, -0.2) is 26.5 Å². The summed E-state index contributed by atoms with van der Waals surface area (Å²) < 4.78 is 1.91. The molecule has 1 amide bonds. The van der Waals surface area contributed by atoms with Crippen LogP contribution >= 0.6 is 0 Å². The third kappa shape index (κ3) is 2.87. The second kappa shape index (κ2) is 4.73. The monoisotopic (exact) mass is 233 g/mol. The Balaban J connectivity index is 1.90. The minimum atomic E-state index is -0.158. The number of hydrogen-bond donors (Lipinski definition) is 3. The standard InChI is InChI=1S/C11H15N5O/c1-8(6-16-3-2-13-7-16)15-11(17)10-4-9(12)5-14-10/h2-5,7-8,14H,6,12H2,1H3,(H,15,17). The van der Waals surface area contributed by atoms with E-state index in [0.717, 1.165) is 0 Å². The average molecular weight is 233 g/mol. The van der Waals surface area contributed by atoms with Crippen molar-refractivity contribution in [1.29, 1.82) is 0 Å². The Kier molecular flexibility index (Phi) is 3.13. The summed E-state index contributed by atoms with van der Waals surface area (Å²) in [5, 5.41) is 2.87. The van der Waals surface area contributed by atoms with Crippen LogP contribution in [0.1, 0.15) is 17.4 Å². The SMILES string of the molecule is CC(Cn1ccnc1)NC(=O)c1cc(N)c[nH]1. The molecule has 90 valence electrons. The molecular weight excluding hydrogens is 218 g/mol. The van der Waals surface area contributed by atoms with E-state index in [1.165, 1.54) is 0 Å². The Morgan fingerprint density at radius 1 is 1.71 bits per heavy atom. The number of nitrogens with two attached hydrogens (primary N) is 1. The fourth-order valence-corrected chi connectivity index (χ4v) is 1.60. The number of nitrogens with zero attached hydrogens (tertiary/aromatic N) is 2. The van der Waals surface area contributed by atoms with E-state index in [9.17, 15) is 4.79 Å². The smallest absolute Gasteiger partial charge is 0.268 e. The highest BCUT2D eigenvalue weighted by atomic mass is 16.1. The van der Waals surface area contributed by atoms with E-state index in [1.807, 2.05) is 17.7 Å². The van der Waals surface area contributed by atoms with E-state index in [0.29, 0.717) is 17.9 Å². The summed E-state index contributed by atoms with van der Waals surface area (Å²) in [6.45, 7) is 2.62. The Hall–Kier alpha value is -2.24. The number of anilines is 1. The van der Waals surface area contributed by atoms with Gasteiger partial charge in [0.1, 0.15) is 5.69 Å². The van der Waals surface area contributed by atoms with Gasteiger partial charge in [-0.25, -0.2) is 4.98 Å². The molecule has 2 heterocycles. The first-order valence-electron chi connectivity index (χ1n) is 5.35. The molecule has 6 nitrogen and oxygen atoms in total. The number of aromatic nitrogens is 3. The van der Waals surface area contributed by atoms with Crippen LogP contribution in [-0.2, 0) is 6.54 Å². The summed E-state index contributed by atoms with van der Waals surface area (Å²) in [4.78, 5) is 18.5. The molecule has 0 fully saturated rings. The van der Waals surface area contributed by atoms with Crippen molar-refractivity contribution in [2.45, 2.75) is 19.5 Å². The third-order valence-electron chi connectivity index (χ3n) is 2.37. The predicted molar refractivity (Wildman–Crippen MR) is 64.4 cm³/mol. The van der Waals surface area contributed by atoms with E-state index in [2.05, 4.69) is 15.3 Å². The zero-order valence-corrected chi connectivity index (χ0v) is 9.55. The zero-order valence-electron chi connectivity index (χ0n) is 9.55. The summed E-state index contributed by atoms with van der Waals surface area (Å²) in [5.41, 5.74) is 6.56. The lowest BCUT2D eigenvalue weighted by molar-refractivity contribution is 0.0932. The van der Waals surface area contributed by atoms with Crippen LogP contribution in [0.2, 0.25) is 0 Å². The number of imidazole rings is 1. The normalized spacial score (nSPS) is 12.3. The van der Waals surface area contributed by atoms with Gasteiger partial charge >= 0.3 is 0 Å². The number of rotatable bonds is 4. The number of carbonyl (C=O) groups excluding carboxylic acids is 1. The Morgan fingerprint density at radius 2 is 2.53 bits per heavy atom. The van der Waals surface area contributed by atoms with Crippen molar-refractivity contribution in [3.63, 3.8) is 0 Å². The van der Waals surface area contributed by atoms with Gasteiger partial charge in [0.15, 0.2) is 0 Å². The van der Waals surface area contributed by atoms with E-state index in [4.69, 9.17) is 5.73 Å². The van der Waals surface area contributed by atoms with Crippen molar-refractivity contribution in [3.8, 4) is 0 Å². The molecule has 1 unspecified atom stereocenters. The molecule has 0 saturated carbocycles. The molecule has 0 radical (unpaired) electrons. The first-order valence-corrected chi connectivity index (χ1v) is 5.35. The van der Waals surface area contributed by atoms with Crippen LogP contribution in [0, 0.1) is 0 Å². The van der Waals surface area contributed by atoms with Gasteiger partial charge < -0.3 is 20.6 Å². The molecule has 0 aliphatic rings. The van der Waals surface area contributed by atoms with Crippen LogP contribution in [0.3, 0.4) is 0 Å². The van der Waals surface area contributed by atoms with Gasteiger partial charge in [-0.1, -0.05) is 0 Å². The van der Waals surface area contributed by atoms with Crippen LogP contribution in [0.4, 0.5) is 5.69 Å². The third-order valence-corrected chi connectivity index (χ3v) is 2.37. The molecule has 0 spiro atoms. The van der Waals surface area contributed by atoms with Crippen LogP contribution in [0.15, 0.2) is 31.0 Å². The summed E-state index contributed by atoms with van der Waals surface area (Å²) in [7, 11) is 0. The second-order valence-electron chi connectivity index (χ2n) is 3.98. The minimum Gasteiger partial charge on any atom is -0.397 e. The van der Waals surface area contributed by atoms with Crippen molar-refractivity contribution in [2.24, 2.45) is 0 Å². The van der Waals surface area contributed by atoms with Gasteiger partial charge in [0.2, 0.25) is 0 Å². The molecule has 0 saturated heterocycles. The van der Waals surface area contributed by atoms with Gasteiger partial charge in [0.05, 0.1) is 6.33 Å². The number of nitrogens with one attached hydrogen (secondary N) is 2. The van der Waals surface area contributed by atoms with Crippen LogP contribution in [0.5, 0.6) is 0 Å². The summed E-state index contributed by atoms with van der Waals surface area (Å²) >= 11 is 0. The number of nitrogen functional groups attached to an aromatic ring is 1. The predicted octanol–water partition coefficient (Wildman–Crippen LogP) is 0.612. The second-order valence-corrected chi connectivity index (χ2v) is 3.98. The van der Waals surface area contributed by atoms with Gasteiger partial charge in [-0.15, -0.1) is 0 Å². The number of hydrogen-bond acceptors (Lipinski definition) is 3. The highest BCUT2D eigenvalue weighted by molar-refractivity contribution is 5.93. The quantitative estimate of drug-likeness (QED) is 0.723. The molecule has 0 aliphatic carbocycles. The Bertz CT molecular complexity index is 488. The van der Waals surface area contributed by atoms with E-state index in [1.54, 1.807) is 24.8 Å². The fourth-order valence-electron chi connectivity index (χ4n) is 1.60. The molecule has 1 atom stereocenters. The van der Waals surface area contributed by atoms with E-state index < -0.39 is 0 Å². The van der Waals surface area contributed by atoms with Gasteiger partial charge in [0.25, 0.3) is 5.91 Å². The van der Waals surface area contributed by atoms with Gasteiger partial charge in [-0.3, -0.25) is 4.79 Å². The molecule has 2 aromatic rings. The molecule has 0 aromatic carbocycles. The Morgan fingerprint density at radius 3 is 3.12 bits per heavy atom. The van der Waals surface area contributed by atoms with Gasteiger partial charge in [0, 0.05) is 36.9 Å². The Labute approximate surface area is 98.8 Å². The van der Waals surface area contributed by atoms with Crippen molar-refractivity contribution in [2.75, 3.05) is 5.73 Å². The van der Waals surface area contributed by atoms with Crippen molar-refractivity contribution in [3.05, 3.63) is 36.7 Å². The lowest BCUT2D eigenvalue weighted by Crippen LogP contribution is -2.35. The van der Waals surface area contributed by atoms with Gasteiger partial charge in [-0.05, 0) is 13.0 Å². The first-order chi connectivity index (χ1) is 8.15. The molecule has 2 aromatic heterocycles. The molecule has 0 bridgehead atoms. The fraction of sp³-hybridized carbons (Fsp3) is 0.273. The first kappa shape index (κ1) is 11.3. The molecule has 2 rings (SSSR count). The summed E-state index contributed by atoms with van der Waals surface area (Å²) in [5.74, 6) is -0.158. The molecular formula is C11H15N5O. The number of amides is 1. The lowest BCUT2D eigenvalue weighted by atomic mass is 10.3. The number of aromatic amines is 1. The average Bonchev–Trinajstić information content (AvgIpc) is 2.89. The van der Waals surface area contributed by atoms with E-state index >= 15 is 0 Å². The molecule has 6 heteroatoms. The van der Waals surface area contributed by atoms with E-state index in [-0.39, 0.29) is 11.9 Å². The molecule has 17 heavy (non-hydrogen) atoms. The van der Waals surface area contributed by atoms with Crippen molar-refractivity contribution < 1.29 is 4.79 Å². The molecule has 0 aliphatic heterocycles. The lowest BCUT2D eigenvalue weighted by Gasteiger charge is -2.13. The minimum absolute atomic E-state index is 0.0150. The highest BCUT2D eigenvalue weighted by Gasteiger charge is 2.11. The van der Waals surface area contributed by atoms with Gasteiger partial charge in [-0.2, -0.15) is 0 Å². The van der Waals surface area contributed by atoms with Crippen LogP contribution < -0.4 is 11.1 Å². The van der Waals surface area contributed by atoms with Crippen molar-refractivity contribution >= 4 is 11.6 Å². The number of carbonyl (C=O) groups is 1. The zero-order chi connectivity index (χ0) is 12.3.